The molecule has 10 nitrogen and oxygen atoms in total. The molecular formula is C33H34F3N7O3. The lowest BCUT2D eigenvalue weighted by Crippen LogP contribution is -2.41. The molecule has 5 aromatic rings. The van der Waals surface area contributed by atoms with Crippen LogP contribution in [0.4, 0.5) is 13.2 Å². The van der Waals surface area contributed by atoms with Gasteiger partial charge in [0.25, 0.3) is 0 Å². The van der Waals surface area contributed by atoms with E-state index in [4.69, 9.17) is 15.0 Å². The van der Waals surface area contributed by atoms with Gasteiger partial charge in [-0.25, -0.2) is 4.79 Å². The SMILES string of the molecule is O=C(N[C@H](Cc1c[nH]c2ccccc12)c1nnc(Cc2ccccc2)n1Cc1ccccn1)C1CCNCC1.O=C(O)C(F)(F)F. The minimum Gasteiger partial charge on any atom is -0.475 e. The number of carbonyl (C=O) groups is 2. The number of hydrogen-bond acceptors (Lipinski definition) is 6. The molecular weight excluding hydrogens is 599 g/mol. The van der Waals surface area contributed by atoms with Crippen molar-refractivity contribution in [3.63, 3.8) is 0 Å². The number of alkyl halides is 3. The Labute approximate surface area is 263 Å². The van der Waals surface area contributed by atoms with Crippen molar-refractivity contribution < 1.29 is 27.9 Å². The number of piperidine rings is 1. The number of H-pyrrole nitrogens is 1. The fourth-order valence-corrected chi connectivity index (χ4v) is 5.44. The summed E-state index contributed by atoms with van der Waals surface area (Å²) in [6.45, 7) is 2.25. The second-order valence-corrected chi connectivity index (χ2v) is 11.0. The number of nitrogens with one attached hydrogen (secondary N) is 3. The van der Waals surface area contributed by atoms with E-state index in [-0.39, 0.29) is 17.9 Å². The molecule has 1 fully saturated rings. The van der Waals surface area contributed by atoms with Crippen molar-refractivity contribution >= 4 is 22.8 Å². The minimum atomic E-state index is -5.08. The second kappa shape index (κ2) is 14.8. The van der Waals surface area contributed by atoms with E-state index in [1.54, 1.807) is 6.20 Å². The van der Waals surface area contributed by atoms with E-state index in [9.17, 15) is 18.0 Å². The quantitative estimate of drug-likeness (QED) is 0.183. The van der Waals surface area contributed by atoms with Crippen molar-refractivity contribution in [3.05, 3.63) is 114 Å². The molecule has 0 aliphatic carbocycles. The van der Waals surface area contributed by atoms with Crippen LogP contribution < -0.4 is 10.6 Å². The van der Waals surface area contributed by atoms with Crippen molar-refractivity contribution in [2.75, 3.05) is 13.1 Å². The number of benzene rings is 2. The normalized spacial score (nSPS) is 14.3. The zero-order valence-corrected chi connectivity index (χ0v) is 24.9. The Morgan fingerprint density at radius 1 is 0.978 bits per heavy atom. The van der Waals surface area contributed by atoms with Crippen molar-refractivity contribution in [1.29, 1.82) is 0 Å². The van der Waals surface area contributed by atoms with Gasteiger partial charge in [0.05, 0.1) is 18.3 Å². The summed E-state index contributed by atoms with van der Waals surface area (Å²) in [4.78, 5) is 30.4. The number of carboxylic acids is 1. The van der Waals surface area contributed by atoms with Gasteiger partial charge in [-0.2, -0.15) is 13.2 Å². The van der Waals surface area contributed by atoms with Gasteiger partial charge in [-0.05, 0) is 55.3 Å². The van der Waals surface area contributed by atoms with E-state index in [2.05, 4.69) is 54.5 Å². The van der Waals surface area contributed by atoms with E-state index in [1.165, 1.54) is 0 Å². The lowest BCUT2D eigenvalue weighted by molar-refractivity contribution is -0.192. The van der Waals surface area contributed by atoms with Crippen LogP contribution in [0.2, 0.25) is 0 Å². The Morgan fingerprint density at radius 3 is 2.37 bits per heavy atom. The summed E-state index contributed by atoms with van der Waals surface area (Å²) in [6, 6.07) is 24.1. The molecule has 1 aliphatic heterocycles. The van der Waals surface area contributed by atoms with Gasteiger partial charge in [-0.1, -0.05) is 54.6 Å². The average Bonchev–Trinajstić information content (AvgIpc) is 3.65. The topological polar surface area (TPSA) is 138 Å². The summed E-state index contributed by atoms with van der Waals surface area (Å²) >= 11 is 0. The van der Waals surface area contributed by atoms with E-state index in [1.807, 2.05) is 54.7 Å². The van der Waals surface area contributed by atoms with Crippen LogP contribution >= 0.6 is 0 Å². The lowest BCUT2D eigenvalue weighted by Gasteiger charge is -2.25. The zero-order valence-electron chi connectivity index (χ0n) is 24.9. The highest BCUT2D eigenvalue weighted by Crippen LogP contribution is 2.26. The standard InChI is InChI=1S/C31H33N7O.C2HF3O2/c39-31(23-13-16-32-17-14-23)35-28(19-24-20-34-27-12-5-4-11-26(24)27)30-37-36-29(18-22-8-2-1-3-9-22)38(30)21-25-10-6-7-15-33-25;3-2(4,5)1(6)7/h1-12,15,20,23,28,32,34H,13-14,16-19,21H2,(H,35,39);(H,6,7)/t28-;/m1./s1. The zero-order chi connectivity index (χ0) is 32.5. The van der Waals surface area contributed by atoms with E-state index >= 15 is 0 Å². The predicted octanol–water partition coefficient (Wildman–Crippen LogP) is 4.83. The molecule has 13 heteroatoms. The highest BCUT2D eigenvalue weighted by molar-refractivity contribution is 5.83. The molecule has 0 bridgehead atoms. The van der Waals surface area contributed by atoms with Gasteiger partial charge in [-0.3, -0.25) is 9.78 Å². The van der Waals surface area contributed by atoms with Crippen LogP contribution in [0.25, 0.3) is 10.9 Å². The Bertz CT molecular complexity index is 1730. The number of halogens is 3. The Balaban J connectivity index is 0.000000537. The Morgan fingerprint density at radius 2 is 1.67 bits per heavy atom. The number of para-hydroxylation sites is 1. The first-order valence-corrected chi connectivity index (χ1v) is 14.9. The largest absolute Gasteiger partial charge is 0.490 e. The summed E-state index contributed by atoms with van der Waals surface area (Å²) in [5.74, 6) is -1.08. The van der Waals surface area contributed by atoms with Crippen LogP contribution in [0.3, 0.4) is 0 Å². The summed E-state index contributed by atoms with van der Waals surface area (Å²) in [6.07, 6.45) is 1.68. The summed E-state index contributed by atoms with van der Waals surface area (Å²) in [5.41, 5.74) is 4.29. The highest BCUT2D eigenvalue weighted by Gasteiger charge is 2.38. The maximum Gasteiger partial charge on any atom is 0.490 e. The number of aromatic amines is 1. The first-order valence-electron chi connectivity index (χ1n) is 14.9. The molecule has 0 spiro atoms. The number of pyridine rings is 1. The number of aliphatic carboxylic acids is 1. The third kappa shape index (κ3) is 8.36. The van der Waals surface area contributed by atoms with Crippen LogP contribution in [0, 0.1) is 5.92 Å². The van der Waals surface area contributed by atoms with Crippen molar-refractivity contribution in [3.8, 4) is 0 Å². The average molecular weight is 634 g/mol. The highest BCUT2D eigenvalue weighted by atomic mass is 19.4. The van der Waals surface area contributed by atoms with E-state index in [0.29, 0.717) is 19.4 Å². The molecule has 2 aromatic carbocycles. The molecule has 4 N–H and O–H groups in total. The molecule has 3 aromatic heterocycles. The summed E-state index contributed by atoms with van der Waals surface area (Å²) in [7, 11) is 0. The van der Waals surface area contributed by atoms with Gasteiger partial charge in [-0.15, -0.1) is 10.2 Å². The van der Waals surface area contributed by atoms with Gasteiger partial charge >= 0.3 is 12.1 Å². The van der Waals surface area contributed by atoms with Crippen LogP contribution in [0.1, 0.15) is 47.4 Å². The summed E-state index contributed by atoms with van der Waals surface area (Å²) in [5, 5.41) is 24.4. The van der Waals surface area contributed by atoms with E-state index < -0.39 is 12.1 Å². The number of amides is 1. The first-order chi connectivity index (χ1) is 22.2. The monoisotopic (exact) mass is 633 g/mol. The Kier molecular flexibility index (Phi) is 10.4. The molecule has 0 saturated carbocycles. The molecule has 1 atom stereocenters. The molecule has 1 aliphatic rings. The van der Waals surface area contributed by atoms with Crippen molar-refractivity contribution in [2.45, 2.75) is 44.4 Å². The molecule has 1 amide bonds. The number of nitrogens with zero attached hydrogens (tertiary/aromatic N) is 4. The molecule has 240 valence electrons. The van der Waals surface area contributed by atoms with Crippen LogP contribution in [-0.2, 0) is 29.0 Å². The van der Waals surface area contributed by atoms with Gasteiger partial charge in [0.15, 0.2) is 5.82 Å². The van der Waals surface area contributed by atoms with Crippen LogP contribution in [-0.4, -0.2) is 61.0 Å². The second-order valence-electron chi connectivity index (χ2n) is 11.0. The molecule has 4 heterocycles. The van der Waals surface area contributed by atoms with Gasteiger partial charge in [0.2, 0.25) is 5.91 Å². The summed E-state index contributed by atoms with van der Waals surface area (Å²) < 4.78 is 33.9. The third-order valence-electron chi connectivity index (χ3n) is 7.79. The number of rotatable bonds is 9. The third-order valence-corrected chi connectivity index (χ3v) is 7.79. The van der Waals surface area contributed by atoms with Gasteiger partial charge in [0, 0.05) is 42.1 Å². The molecule has 0 radical (unpaired) electrons. The van der Waals surface area contributed by atoms with Crippen molar-refractivity contribution in [2.24, 2.45) is 5.92 Å². The fraction of sp³-hybridized carbons (Fsp3) is 0.303. The maximum atomic E-state index is 13.5. The predicted molar refractivity (Wildman–Crippen MR) is 165 cm³/mol. The van der Waals surface area contributed by atoms with E-state index in [0.717, 1.165) is 65.3 Å². The first kappa shape index (κ1) is 32.4. The number of carbonyl (C=O) groups excluding carboxylic acids is 1. The molecule has 6 rings (SSSR count). The number of fused-ring (bicyclic) bond motifs is 1. The fourth-order valence-electron chi connectivity index (χ4n) is 5.44. The van der Waals surface area contributed by atoms with Crippen LogP contribution in [0.5, 0.6) is 0 Å². The lowest BCUT2D eigenvalue weighted by atomic mass is 9.96. The Hall–Kier alpha value is -5.04. The minimum absolute atomic E-state index is 0.00679. The number of hydrogen-bond donors (Lipinski definition) is 4. The van der Waals surface area contributed by atoms with Gasteiger partial charge in [0.1, 0.15) is 5.82 Å². The molecule has 1 saturated heterocycles. The van der Waals surface area contributed by atoms with Crippen molar-refractivity contribution in [1.82, 2.24) is 35.4 Å². The molecule has 46 heavy (non-hydrogen) atoms. The smallest absolute Gasteiger partial charge is 0.475 e. The molecule has 0 unspecified atom stereocenters. The van der Waals surface area contributed by atoms with Gasteiger partial charge < -0.3 is 25.3 Å². The van der Waals surface area contributed by atoms with Crippen LogP contribution in [0.15, 0.2) is 85.2 Å². The number of carboxylic acid groups (broad SMARTS) is 1. The maximum absolute atomic E-state index is 13.5. The number of aromatic nitrogens is 5.